The van der Waals surface area contributed by atoms with Crippen LogP contribution in [-0.2, 0) is 6.54 Å². The van der Waals surface area contributed by atoms with Crippen LogP contribution in [0.5, 0.6) is 0 Å². The average Bonchev–Trinajstić information content (AvgIpc) is 3.44. The van der Waals surface area contributed by atoms with E-state index in [4.69, 9.17) is 19.7 Å². The Morgan fingerprint density at radius 2 is 1.76 bits per heavy atom. The third-order valence-corrected chi connectivity index (χ3v) is 7.25. The van der Waals surface area contributed by atoms with Gasteiger partial charge >= 0.3 is 59.1 Å². The third kappa shape index (κ3) is 9.67. The molecule has 1 saturated heterocycles. The summed E-state index contributed by atoms with van der Waals surface area (Å²) in [6.45, 7) is 6.96. The van der Waals surface area contributed by atoms with Crippen LogP contribution in [0.2, 0.25) is 0 Å². The number of fused-ring (bicyclic) bond motifs is 1. The fourth-order valence-electron chi connectivity index (χ4n) is 5.00. The quantitative estimate of drug-likeness (QED) is 0.248. The zero-order valence-electron chi connectivity index (χ0n) is 22.4. The van der Waals surface area contributed by atoms with Crippen molar-refractivity contribution >= 4 is 26.3 Å². The summed E-state index contributed by atoms with van der Waals surface area (Å²) in [4.78, 5) is 49.0. The number of aromatic nitrogens is 2. The van der Waals surface area contributed by atoms with Crippen molar-refractivity contribution in [2.45, 2.75) is 65.0 Å². The number of carbonyl (C=O) groups excluding carboxylic acids is 1. The summed E-state index contributed by atoms with van der Waals surface area (Å²) in [7, 11) is -3.12. The molecule has 3 fully saturated rings. The summed E-state index contributed by atoms with van der Waals surface area (Å²) in [6, 6.07) is 6.73. The number of piperidine rings is 1. The van der Waals surface area contributed by atoms with Gasteiger partial charge in [-0.05, 0) is 61.6 Å². The number of anilines is 2. The zero-order chi connectivity index (χ0) is 24.9. The number of carbonyl (C=O) groups is 1. The Balaban J connectivity index is 0.000000750. The van der Waals surface area contributed by atoms with Gasteiger partial charge in [0.2, 0.25) is 5.95 Å². The maximum Gasteiger partial charge on any atom is 1.00 e. The molecule has 2 aromatic rings. The van der Waals surface area contributed by atoms with Gasteiger partial charge in [0.15, 0.2) is 0 Å². The Bertz CT molecular complexity index is 1030. The normalized spacial score (nSPS) is 20.1. The smallest absolute Gasteiger partial charge is 0.820 e. The number of amides is 1. The Morgan fingerprint density at radius 3 is 2.38 bits per heavy atom. The summed E-state index contributed by atoms with van der Waals surface area (Å²) in [6.07, 6.45) is 8.83. The summed E-state index contributed by atoms with van der Waals surface area (Å²) in [5.74, 6) is 2.93. The van der Waals surface area contributed by atoms with Gasteiger partial charge in [-0.15, -0.1) is 0 Å². The predicted octanol–water partition coefficient (Wildman–Crippen LogP) is -3.84. The van der Waals surface area contributed by atoms with Gasteiger partial charge in [-0.1, -0.05) is 37.5 Å². The molecule has 1 aromatic carbocycles. The van der Waals surface area contributed by atoms with E-state index in [1.165, 1.54) is 42.4 Å². The van der Waals surface area contributed by atoms with Crippen LogP contribution in [0.1, 0.15) is 65.6 Å². The maximum atomic E-state index is 13.1. The molecule has 3 N–H and O–H groups in total. The number of aryl methyl sites for hydroxylation is 2. The van der Waals surface area contributed by atoms with Crippen molar-refractivity contribution in [1.82, 2.24) is 15.3 Å². The first-order chi connectivity index (χ1) is 16.8. The van der Waals surface area contributed by atoms with E-state index in [2.05, 4.69) is 52.6 Å². The molecule has 9 nitrogen and oxygen atoms in total. The van der Waals surface area contributed by atoms with Crippen LogP contribution in [0, 0.1) is 25.7 Å². The minimum Gasteiger partial charge on any atom is -0.820 e. The van der Waals surface area contributed by atoms with E-state index < -0.39 is 8.60 Å². The fourth-order valence-corrected chi connectivity index (χ4v) is 5.00. The fraction of sp³-hybridized carbons (Fsp3) is 0.560. The number of nitrogens with zero attached hydrogens (tertiary/aromatic N) is 3. The Morgan fingerprint density at radius 1 is 1.11 bits per heavy atom. The van der Waals surface area contributed by atoms with Gasteiger partial charge in [0.25, 0.3) is 5.91 Å². The molecular formula is C25H34N5Na2O4P. The molecule has 2 aliphatic carbocycles. The number of benzene rings is 1. The number of nitrogens with one attached hydrogen (secondary N) is 2. The van der Waals surface area contributed by atoms with Crippen LogP contribution >= 0.6 is 8.60 Å². The molecule has 1 aliphatic heterocycles. The summed E-state index contributed by atoms with van der Waals surface area (Å²) >= 11 is 0. The molecule has 2 saturated carbocycles. The molecule has 3 aliphatic rings. The molecule has 0 bridgehead atoms. The molecule has 190 valence electrons. The molecule has 1 amide bonds. The van der Waals surface area contributed by atoms with E-state index in [1.54, 1.807) is 6.20 Å². The van der Waals surface area contributed by atoms with E-state index in [9.17, 15) is 4.79 Å². The van der Waals surface area contributed by atoms with Crippen LogP contribution in [0.15, 0.2) is 24.4 Å². The second kappa shape index (κ2) is 15.5. The largest absolute Gasteiger partial charge is 1.00 e. The van der Waals surface area contributed by atoms with Crippen LogP contribution in [0.4, 0.5) is 11.8 Å². The van der Waals surface area contributed by atoms with E-state index in [0.29, 0.717) is 17.9 Å². The van der Waals surface area contributed by atoms with Gasteiger partial charge < -0.3 is 30.2 Å². The predicted molar refractivity (Wildman–Crippen MR) is 133 cm³/mol. The monoisotopic (exact) mass is 545 g/mol. The topological polar surface area (TPSA) is 136 Å². The Hall–Kier alpha value is -0.320. The first-order valence-corrected chi connectivity index (χ1v) is 13.5. The molecule has 12 heteroatoms. The van der Waals surface area contributed by atoms with Gasteiger partial charge in [-0.2, -0.15) is 13.6 Å². The van der Waals surface area contributed by atoms with Crippen LogP contribution < -0.4 is 84.4 Å². The Kier molecular flexibility index (Phi) is 13.7. The minimum atomic E-state index is -3.12. The van der Waals surface area contributed by atoms with E-state index >= 15 is 0 Å². The third-order valence-electron chi connectivity index (χ3n) is 7.25. The summed E-state index contributed by atoms with van der Waals surface area (Å²) < 4.78 is 0. The molecule has 5 rings (SSSR count). The maximum absolute atomic E-state index is 13.1. The molecule has 1 aromatic heterocycles. The van der Waals surface area contributed by atoms with Gasteiger partial charge in [0, 0.05) is 31.9 Å². The van der Waals surface area contributed by atoms with Crippen molar-refractivity contribution in [2.24, 2.45) is 11.8 Å². The molecule has 0 spiro atoms. The van der Waals surface area contributed by atoms with Crippen LogP contribution in [0.25, 0.3) is 0 Å². The van der Waals surface area contributed by atoms with Gasteiger partial charge in [0.05, 0.1) is 0 Å². The number of rotatable bonds is 6. The van der Waals surface area contributed by atoms with E-state index in [-0.39, 0.29) is 71.1 Å². The molecule has 2 heterocycles. The number of hydrogen-bond donors (Lipinski definition) is 3. The molecular weight excluding hydrogens is 511 g/mol. The molecule has 2 unspecified atom stereocenters. The molecule has 37 heavy (non-hydrogen) atoms. The first-order valence-electron chi connectivity index (χ1n) is 12.4. The zero-order valence-corrected chi connectivity index (χ0v) is 27.3. The molecule has 0 radical (unpaired) electrons. The number of hydrogen-bond acceptors (Lipinski definition) is 8. The van der Waals surface area contributed by atoms with Crippen LogP contribution in [-0.4, -0.2) is 39.9 Å². The van der Waals surface area contributed by atoms with Crippen LogP contribution in [0.3, 0.4) is 0 Å². The SMILES string of the molecule is Cc1ccc(CNc2nc(N3CC4CC4C3)ncc2C(=O)NC2CCCCC2)cc1C.[Na+].[Na+].[O-]P([O-])O. The molecule has 2 atom stereocenters. The van der Waals surface area contributed by atoms with Crippen molar-refractivity contribution in [2.75, 3.05) is 23.3 Å². The summed E-state index contributed by atoms with van der Waals surface area (Å²) in [5, 5.41) is 6.66. The average molecular weight is 546 g/mol. The summed E-state index contributed by atoms with van der Waals surface area (Å²) in [5.41, 5.74) is 4.29. The van der Waals surface area contributed by atoms with Crippen molar-refractivity contribution < 1.29 is 78.6 Å². The van der Waals surface area contributed by atoms with Crippen molar-refractivity contribution in [3.05, 3.63) is 46.6 Å². The minimum absolute atomic E-state index is 0. The van der Waals surface area contributed by atoms with Crippen molar-refractivity contribution in [1.29, 1.82) is 0 Å². The first kappa shape index (κ1) is 32.9. The van der Waals surface area contributed by atoms with Gasteiger partial charge in [-0.3, -0.25) is 4.79 Å². The Labute approximate surface area is 264 Å². The second-order valence-electron chi connectivity index (χ2n) is 9.91. The van der Waals surface area contributed by atoms with Crippen molar-refractivity contribution in [3.63, 3.8) is 0 Å². The second-order valence-corrected chi connectivity index (χ2v) is 10.4. The van der Waals surface area contributed by atoms with E-state index in [1.807, 2.05) is 0 Å². The van der Waals surface area contributed by atoms with Crippen molar-refractivity contribution in [3.8, 4) is 0 Å². The van der Waals surface area contributed by atoms with Gasteiger partial charge in [0.1, 0.15) is 11.4 Å². The van der Waals surface area contributed by atoms with E-state index in [0.717, 1.165) is 43.7 Å². The van der Waals surface area contributed by atoms with Gasteiger partial charge in [-0.25, -0.2) is 4.98 Å². The standard InChI is InChI=1S/C25H33N5O.2Na.HO3P/c1-16-8-9-18(10-17(16)2)12-26-23-22(24(31)28-21-6-4-3-5-7-21)13-27-25(29-23)30-14-19-11-20(19)15-30;;;1-4(2)3/h8-10,13,19-21H,3-7,11-12,14-15H2,1-2H3,(H,28,31)(H,26,27,29);;;1H/q;2*+1;-2.